The van der Waals surface area contributed by atoms with Crippen LogP contribution >= 0.6 is 12.2 Å². The van der Waals surface area contributed by atoms with Gasteiger partial charge in [0.05, 0.1) is 6.61 Å². The zero-order valence-corrected chi connectivity index (χ0v) is 19.0. The minimum absolute atomic E-state index is 0.125. The van der Waals surface area contributed by atoms with Crippen LogP contribution in [0.25, 0.3) is 0 Å². The lowest BCUT2D eigenvalue weighted by molar-refractivity contribution is 0.206. The molecule has 7 heteroatoms. The first-order chi connectivity index (χ1) is 15.0. The zero-order valence-electron chi connectivity index (χ0n) is 18.2. The van der Waals surface area contributed by atoms with Crippen LogP contribution in [0.1, 0.15) is 37.7 Å². The average molecular weight is 441 g/mol. The maximum absolute atomic E-state index is 13.0. The number of nitrogens with zero attached hydrogens (tertiary/aromatic N) is 2. The Kier molecular flexibility index (Phi) is 8.53. The van der Waals surface area contributed by atoms with Gasteiger partial charge in [0, 0.05) is 37.1 Å². The highest BCUT2D eigenvalue weighted by Crippen LogP contribution is 2.21. The molecule has 0 atom stereocenters. The van der Waals surface area contributed by atoms with Gasteiger partial charge >= 0.3 is 6.03 Å². The molecule has 1 saturated heterocycles. The topological polar surface area (TPSA) is 70.8 Å². The van der Waals surface area contributed by atoms with Gasteiger partial charge in [-0.05, 0) is 75.5 Å². The summed E-state index contributed by atoms with van der Waals surface area (Å²) < 4.78 is 5.83. The highest BCUT2D eigenvalue weighted by molar-refractivity contribution is 7.80. The van der Waals surface area contributed by atoms with E-state index in [0.717, 1.165) is 68.9 Å². The lowest BCUT2D eigenvalue weighted by atomic mass is 10.2. The Labute approximate surface area is 190 Å². The Hall–Kier alpha value is -2.80. The molecule has 166 valence electrons. The third-order valence-electron chi connectivity index (χ3n) is 5.35. The van der Waals surface area contributed by atoms with Gasteiger partial charge in [0.15, 0.2) is 5.11 Å². The van der Waals surface area contributed by atoms with E-state index in [-0.39, 0.29) is 11.1 Å². The predicted octanol–water partition coefficient (Wildman–Crippen LogP) is 4.92. The molecule has 0 saturated carbocycles. The molecule has 0 bridgehead atoms. The van der Waals surface area contributed by atoms with Crippen LogP contribution in [0.15, 0.2) is 48.5 Å². The molecule has 0 radical (unpaired) electrons. The van der Waals surface area contributed by atoms with Crippen LogP contribution < -0.4 is 20.7 Å². The number of aryl methyl sites for hydroxylation is 1. The molecule has 3 rings (SSSR count). The molecule has 0 unspecified atom stereocenters. The van der Waals surface area contributed by atoms with Gasteiger partial charge in [-0.1, -0.05) is 23.8 Å². The predicted molar refractivity (Wildman–Crippen MR) is 131 cm³/mol. The second kappa shape index (κ2) is 11.6. The summed E-state index contributed by atoms with van der Waals surface area (Å²) >= 11 is 4.86. The number of nitrogens with one attached hydrogen (secondary N) is 1. The number of ether oxygens (including phenoxy) is 1. The van der Waals surface area contributed by atoms with Gasteiger partial charge in [-0.2, -0.15) is 0 Å². The number of anilines is 2. The van der Waals surface area contributed by atoms with E-state index < -0.39 is 0 Å². The van der Waals surface area contributed by atoms with Crippen LogP contribution in [0, 0.1) is 6.92 Å². The molecular formula is C24H32N4O2S. The highest BCUT2D eigenvalue weighted by atomic mass is 32.1. The molecule has 3 N–H and O–H groups in total. The quantitative estimate of drug-likeness (QED) is 0.428. The number of thiocarbonyl (C=S) groups is 1. The standard InChI is InChI=1S/C24H32N4O2S/c1-19-10-12-21(13-11-19)28-16-5-4-15-27(24(28)29)14-3-2-6-17-30-22-9-7-8-20(18-22)26-23(25)31/h7-13,18H,2-6,14-17H2,1H3,(H3,25,26,31). The van der Waals surface area contributed by atoms with Crippen LogP contribution in [-0.2, 0) is 0 Å². The third kappa shape index (κ3) is 7.14. The van der Waals surface area contributed by atoms with Crippen molar-refractivity contribution in [1.82, 2.24) is 4.90 Å². The molecule has 1 heterocycles. The summed E-state index contributed by atoms with van der Waals surface area (Å²) in [5.74, 6) is 0.790. The van der Waals surface area contributed by atoms with E-state index in [2.05, 4.69) is 24.4 Å². The summed E-state index contributed by atoms with van der Waals surface area (Å²) in [6, 6.07) is 15.9. The lowest BCUT2D eigenvalue weighted by Gasteiger charge is -2.27. The summed E-state index contributed by atoms with van der Waals surface area (Å²) in [7, 11) is 0. The van der Waals surface area contributed by atoms with Crippen molar-refractivity contribution >= 4 is 34.7 Å². The number of rotatable bonds is 9. The molecule has 0 aromatic heterocycles. The van der Waals surface area contributed by atoms with Crippen LogP contribution in [0.3, 0.4) is 0 Å². The molecule has 1 fully saturated rings. The van der Waals surface area contributed by atoms with Crippen LogP contribution in [-0.4, -0.2) is 42.3 Å². The molecule has 2 amide bonds. The molecule has 2 aromatic rings. The number of urea groups is 1. The Morgan fingerprint density at radius 2 is 1.87 bits per heavy atom. The van der Waals surface area contributed by atoms with E-state index in [1.54, 1.807) is 0 Å². The van der Waals surface area contributed by atoms with E-state index in [4.69, 9.17) is 22.7 Å². The fraction of sp³-hybridized carbons (Fsp3) is 0.417. The van der Waals surface area contributed by atoms with Crippen molar-refractivity contribution in [3.63, 3.8) is 0 Å². The van der Waals surface area contributed by atoms with Gasteiger partial charge in [0.25, 0.3) is 0 Å². The minimum atomic E-state index is 0.125. The largest absolute Gasteiger partial charge is 0.494 e. The van der Waals surface area contributed by atoms with Crippen molar-refractivity contribution in [3.8, 4) is 5.75 Å². The van der Waals surface area contributed by atoms with Crippen molar-refractivity contribution < 1.29 is 9.53 Å². The Bertz CT molecular complexity index is 872. The lowest BCUT2D eigenvalue weighted by Crippen LogP contribution is -2.42. The summed E-state index contributed by atoms with van der Waals surface area (Å²) in [6.45, 7) is 5.11. The number of amides is 2. The van der Waals surface area contributed by atoms with Crippen LogP contribution in [0.5, 0.6) is 5.75 Å². The summed E-state index contributed by atoms with van der Waals surface area (Å²) in [6.07, 6.45) is 5.01. The van der Waals surface area contributed by atoms with Crippen LogP contribution in [0.2, 0.25) is 0 Å². The molecule has 31 heavy (non-hydrogen) atoms. The average Bonchev–Trinajstić information content (AvgIpc) is 2.92. The molecule has 1 aliphatic heterocycles. The fourth-order valence-corrected chi connectivity index (χ4v) is 3.80. The minimum Gasteiger partial charge on any atom is -0.494 e. The van der Waals surface area contributed by atoms with Crippen molar-refractivity contribution in [2.45, 2.75) is 39.0 Å². The maximum atomic E-state index is 13.0. The van der Waals surface area contributed by atoms with Crippen molar-refractivity contribution in [3.05, 3.63) is 54.1 Å². The van der Waals surface area contributed by atoms with E-state index in [9.17, 15) is 4.79 Å². The van der Waals surface area contributed by atoms with E-state index in [1.807, 2.05) is 46.2 Å². The number of carbonyl (C=O) groups is 1. The number of carbonyl (C=O) groups excluding carboxylic acids is 1. The van der Waals surface area contributed by atoms with Crippen LogP contribution in [0.4, 0.5) is 16.2 Å². The third-order valence-corrected chi connectivity index (χ3v) is 5.45. The highest BCUT2D eigenvalue weighted by Gasteiger charge is 2.24. The Balaban J connectivity index is 1.41. The SMILES string of the molecule is Cc1ccc(N2CCCCN(CCCCCOc3cccc(NC(N)=S)c3)C2=O)cc1. The molecule has 1 aliphatic rings. The summed E-state index contributed by atoms with van der Waals surface area (Å²) in [4.78, 5) is 17.0. The fourth-order valence-electron chi connectivity index (χ4n) is 3.68. The van der Waals surface area contributed by atoms with Gasteiger partial charge in [-0.3, -0.25) is 4.90 Å². The summed E-state index contributed by atoms with van der Waals surface area (Å²) in [5.41, 5.74) is 8.52. The monoisotopic (exact) mass is 440 g/mol. The molecule has 2 aromatic carbocycles. The Morgan fingerprint density at radius 1 is 1.10 bits per heavy atom. The number of unbranched alkanes of at least 4 members (excludes halogenated alkanes) is 2. The Morgan fingerprint density at radius 3 is 2.65 bits per heavy atom. The smallest absolute Gasteiger partial charge is 0.324 e. The van der Waals surface area contributed by atoms with E-state index in [1.165, 1.54) is 5.56 Å². The van der Waals surface area contributed by atoms with Gasteiger partial charge in [0.2, 0.25) is 0 Å². The second-order valence-corrected chi connectivity index (χ2v) is 8.33. The molecule has 6 nitrogen and oxygen atoms in total. The number of benzene rings is 2. The van der Waals surface area contributed by atoms with E-state index in [0.29, 0.717) is 6.61 Å². The van der Waals surface area contributed by atoms with E-state index >= 15 is 0 Å². The van der Waals surface area contributed by atoms with Crippen molar-refractivity contribution in [2.24, 2.45) is 5.73 Å². The van der Waals surface area contributed by atoms with Gasteiger partial charge in [-0.15, -0.1) is 0 Å². The normalized spacial score (nSPS) is 14.3. The van der Waals surface area contributed by atoms with Crippen molar-refractivity contribution in [1.29, 1.82) is 0 Å². The molecular weight excluding hydrogens is 408 g/mol. The second-order valence-electron chi connectivity index (χ2n) is 7.89. The molecule has 0 spiro atoms. The van der Waals surface area contributed by atoms with Gasteiger partial charge < -0.3 is 20.7 Å². The van der Waals surface area contributed by atoms with Gasteiger partial charge in [0.1, 0.15) is 5.75 Å². The number of nitrogens with two attached hydrogens (primary N) is 1. The zero-order chi connectivity index (χ0) is 22.1. The first-order valence-electron chi connectivity index (χ1n) is 11.0. The molecule has 0 aliphatic carbocycles. The first-order valence-corrected chi connectivity index (χ1v) is 11.4. The summed E-state index contributed by atoms with van der Waals surface area (Å²) in [5, 5.41) is 3.14. The first kappa shape index (κ1) is 22.9. The maximum Gasteiger partial charge on any atom is 0.324 e. The van der Waals surface area contributed by atoms with Gasteiger partial charge in [-0.25, -0.2) is 4.79 Å². The number of hydrogen-bond acceptors (Lipinski definition) is 3. The van der Waals surface area contributed by atoms with Crippen molar-refractivity contribution in [2.75, 3.05) is 36.5 Å². The number of hydrogen-bond donors (Lipinski definition) is 2.